The third-order valence-electron chi connectivity index (χ3n) is 5.48. The number of ether oxygens (including phenoxy) is 1. The molecule has 0 radical (unpaired) electrons. The number of rotatable bonds is 5. The van der Waals surface area contributed by atoms with Crippen LogP contribution in [0, 0.1) is 19.8 Å². The molecule has 28 heavy (non-hydrogen) atoms. The second-order valence-electron chi connectivity index (χ2n) is 7.74. The summed E-state index contributed by atoms with van der Waals surface area (Å²) in [4.78, 5) is 27.9. The van der Waals surface area contributed by atoms with E-state index in [2.05, 4.69) is 13.0 Å². The summed E-state index contributed by atoms with van der Waals surface area (Å²) in [5.41, 5.74) is 5.09. The summed E-state index contributed by atoms with van der Waals surface area (Å²) >= 11 is 0. The van der Waals surface area contributed by atoms with Gasteiger partial charge in [-0.05, 0) is 60.4 Å². The maximum Gasteiger partial charge on any atom is 0.253 e. The molecule has 0 aromatic heterocycles. The number of hydrogen-bond acceptors (Lipinski definition) is 3. The van der Waals surface area contributed by atoms with Gasteiger partial charge in [-0.2, -0.15) is 0 Å². The highest BCUT2D eigenvalue weighted by Crippen LogP contribution is 2.30. The summed E-state index contributed by atoms with van der Waals surface area (Å²) in [6.45, 7) is 5.39. The predicted molar refractivity (Wildman–Crippen MR) is 111 cm³/mol. The molecule has 0 spiro atoms. The summed E-state index contributed by atoms with van der Waals surface area (Å²) in [6.07, 6.45) is 0.517. The Morgan fingerprint density at radius 1 is 1.18 bits per heavy atom. The third-order valence-corrected chi connectivity index (χ3v) is 5.48. The van der Waals surface area contributed by atoms with Gasteiger partial charge in [0.05, 0.1) is 7.11 Å². The normalized spacial score (nSPS) is 16.4. The standard InChI is InChI=1S/C23H28N2O3/c1-15-11-21(28-5)16(2)10-20(15)18-6-8-19(9-7-18)23(27)25(4)14-17-12-22(26)24(3)13-17/h6-11,17H,12-14H2,1-5H3/t17-/m1/s1. The van der Waals surface area contributed by atoms with E-state index in [1.54, 1.807) is 24.0 Å². The average molecular weight is 380 g/mol. The molecule has 0 bridgehead atoms. The van der Waals surface area contributed by atoms with Gasteiger partial charge in [0, 0.05) is 45.1 Å². The van der Waals surface area contributed by atoms with Crippen molar-refractivity contribution in [3.63, 3.8) is 0 Å². The molecule has 0 aliphatic carbocycles. The molecule has 1 heterocycles. The molecular weight excluding hydrogens is 352 g/mol. The van der Waals surface area contributed by atoms with E-state index >= 15 is 0 Å². The van der Waals surface area contributed by atoms with Crippen LogP contribution in [0.2, 0.25) is 0 Å². The van der Waals surface area contributed by atoms with E-state index < -0.39 is 0 Å². The van der Waals surface area contributed by atoms with Crippen LogP contribution in [0.25, 0.3) is 11.1 Å². The quantitative estimate of drug-likeness (QED) is 0.797. The van der Waals surface area contributed by atoms with Crippen LogP contribution in [-0.2, 0) is 4.79 Å². The summed E-state index contributed by atoms with van der Waals surface area (Å²) in [6, 6.07) is 11.9. The lowest BCUT2D eigenvalue weighted by Crippen LogP contribution is -2.32. The maximum atomic E-state index is 12.8. The minimum Gasteiger partial charge on any atom is -0.496 e. The van der Waals surface area contributed by atoms with Gasteiger partial charge < -0.3 is 14.5 Å². The lowest BCUT2D eigenvalue weighted by atomic mass is 9.97. The lowest BCUT2D eigenvalue weighted by Gasteiger charge is -2.21. The fourth-order valence-corrected chi connectivity index (χ4v) is 3.88. The molecule has 1 saturated heterocycles. The van der Waals surface area contributed by atoms with Gasteiger partial charge in [-0.25, -0.2) is 0 Å². The van der Waals surface area contributed by atoms with Crippen LogP contribution in [0.5, 0.6) is 5.75 Å². The lowest BCUT2D eigenvalue weighted by molar-refractivity contribution is -0.126. The second kappa shape index (κ2) is 8.05. The molecule has 1 fully saturated rings. The molecule has 1 aliphatic heterocycles. The molecule has 5 heteroatoms. The summed E-state index contributed by atoms with van der Waals surface area (Å²) in [7, 11) is 5.29. The first-order valence-corrected chi connectivity index (χ1v) is 9.55. The molecule has 2 aromatic carbocycles. The van der Waals surface area contributed by atoms with Crippen molar-refractivity contribution in [2.45, 2.75) is 20.3 Å². The number of likely N-dealkylation sites (tertiary alicyclic amines) is 1. The van der Waals surface area contributed by atoms with Crippen molar-refractivity contribution >= 4 is 11.8 Å². The number of amides is 2. The van der Waals surface area contributed by atoms with Crippen LogP contribution in [-0.4, -0.2) is 55.9 Å². The van der Waals surface area contributed by atoms with Crippen LogP contribution >= 0.6 is 0 Å². The Morgan fingerprint density at radius 2 is 1.86 bits per heavy atom. The van der Waals surface area contributed by atoms with Crippen LogP contribution in [0.15, 0.2) is 36.4 Å². The van der Waals surface area contributed by atoms with Gasteiger partial charge in [-0.3, -0.25) is 9.59 Å². The first-order valence-electron chi connectivity index (χ1n) is 9.55. The molecule has 3 rings (SSSR count). The fraction of sp³-hybridized carbons (Fsp3) is 0.391. The number of benzene rings is 2. The highest BCUT2D eigenvalue weighted by Gasteiger charge is 2.28. The summed E-state index contributed by atoms with van der Waals surface area (Å²) in [5.74, 6) is 1.22. The van der Waals surface area contributed by atoms with Gasteiger partial charge in [0.25, 0.3) is 5.91 Å². The topological polar surface area (TPSA) is 49.9 Å². The predicted octanol–water partition coefficient (Wildman–Crippen LogP) is 3.53. The molecule has 0 saturated carbocycles. The maximum absolute atomic E-state index is 12.8. The SMILES string of the molecule is COc1cc(C)c(-c2ccc(C(=O)N(C)C[C@@H]3CC(=O)N(C)C3)cc2)cc1C. The van der Waals surface area contributed by atoms with Crippen LogP contribution in [0.3, 0.4) is 0 Å². The second-order valence-corrected chi connectivity index (χ2v) is 7.74. The Bertz CT molecular complexity index is 889. The Morgan fingerprint density at radius 3 is 2.43 bits per heavy atom. The Balaban J connectivity index is 1.73. The van der Waals surface area contributed by atoms with E-state index in [-0.39, 0.29) is 17.7 Å². The van der Waals surface area contributed by atoms with Gasteiger partial charge in [-0.1, -0.05) is 12.1 Å². The van der Waals surface area contributed by atoms with E-state index in [9.17, 15) is 9.59 Å². The molecule has 148 valence electrons. The Labute approximate surface area is 166 Å². The molecule has 2 aromatic rings. The van der Waals surface area contributed by atoms with Crippen molar-refractivity contribution < 1.29 is 14.3 Å². The highest BCUT2D eigenvalue weighted by molar-refractivity contribution is 5.94. The number of carbonyl (C=O) groups is 2. The van der Waals surface area contributed by atoms with Crippen molar-refractivity contribution in [2.24, 2.45) is 5.92 Å². The number of hydrogen-bond donors (Lipinski definition) is 0. The van der Waals surface area contributed by atoms with E-state index in [4.69, 9.17) is 4.74 Å². The molecule has 2 amide bonds. The average Bonchev–Trinajstić information content (AvgIpc) is 2.99. The van der Waals surface area contributed by atoms with E-state index in [1.165, 1.54) is 0 Å². The van der Waals surface area contributed by atoms with Crippen molar-refractivity contribution in [3.8, 4) is 16.9 Å². The number of carbonyl (C=O) groups excluding carboxylic acids is 2. The molecule has 0 N–H and O–H groups in total. The molecule has 5 nitrogen and oxygen atoms in total. The van der Waals surface area contributed by atoms with Crippen molar-refractivity contribution in [3.05, 3.63) is 53.1 Å². The van der Waals surface area contributed by atoms with E-state index in [1.807, 2.05) is 44.3 Å². The zero-order valence-corrected chi connectivity index (χ0v) is 17.3. The summed E-state index contributed by atoms with van der Waals surface area (Å²) < 4.78 is 5.39. The highest BCUT2D eigenvalue weighted by atomic mass is 16.5. The molecule has 1 atom stereocenters. The summed E-state index contributed by atoms with van der Waals surface area (Å²) in [5, 5.41) is 0. The van der Waals surface area contributed by atoms with Crippen LogP contribution < -0.4 is 4.74 Å². The number of aryl methyl sites for hydroxylation is 2. The van der Waals surface area contributed by atoms with Crippen molar-refractivity contribution in [1.29, 1.82) is 0 Å². The smallest absolute Gasteiger partial charge is 0.253 e. The minimum absolute atomic E-state index is 0.0174. The van der Waals surface area contributed by atoms with Gasteiger partial charge in [-0.15, -0.1) is 0 Å². The van der Waals surface area contributed by atoms with Gasteiger partial charge in [0.1, 0.15) is 5.75 Å². The first-order chi connectivity index (χ1) is 13.3. The zero-order valence-electron chi connectivity index (χ0n) is 17.3. The van der Waals surface area contributed by atoms with Crippen LogP contribution in [0.4, 0.5) is 0 Å². The van der Waals surface area contributed by atoms with Crippen molar-refractivity contribution in [2.75, 3.05) is 34.3 Å². The zero-order chi connectivity index (χ0) is 20.4. The number of nitrogens with zero attached hydrogens (tertiary/aromatic N) is 2. The molecule has 0 unspecified atom stereocenters. The fourth-order valence-electron chi connectivity index (χ4n) is 3.88. The Kier molecular flexibility index (Phi) is 5.73. The number of methoxy groups -OCH3 is 1. The Hall–Kier alpha value is -2.82. The van der Waals surface area contributed by atoms with Gasteiger partial charge >= 0.3 is 0 Å². The van der Waals surface area contributed by atoms with E-state index in [0.29, 0.717) is 25.1 Å². The monoisotopic (exact) mass is 380 g/mol. The van der Waals surface area contributed by atoms with Crippen molar-refractivity contribution in [1.82, 2.24) is 9.80 Å². The largest absolute Gasteiger partial charge is 0.496 e. The van der Waals surface area contributed by atoms with Gasteiger partial charge in [0.2, 0.25) is 5.91 Å². The molecular formula is C23H28N2O3. The minimum atomic E-state index is -0.0174. The van der Waals surface area contributed by atoms with E-state index in [0.717, 1.165) is 28.0 Å². The van der Waals surface area contributed by atoms with Gasteiger partial charge in [0.15, 0.2) is 0 Å². The molecule has 1 aliphatic rings. The third kappa shape index (κ3) is 4.03. The van der Waals surface area contributed by atoms with Crippen LogP contribution in [0.1, 0.15) is 27.9 Å². The first kappa shape index (κ1) is 19.9.